The molecule has 0 fully saturated rings. The van der Waals surface area contributed by atoms with Gasteiger partial charge < -0.3 is 5.32 Å². The number of rotatable bonds is 6. The van der Waals surface area contributed by atoms with E-state index in [-0.39, 0.29) is 0 Å². The van der Waals surface area contributed by atoms with Crippen LogP contribution >= 0.6 is 22.9 Å². The minimum absolute atomic E-state index is 0.299. The number of hydrogen-bond acceptors (Lipinski definition) is 4. The minimum Gasteiger partial charge on any atom is -0.319 e. The standard InChI is InChI=1S/C14H17ClN2O2S2/c1-10-4-3-5-12(15)14(10)17-21(18,19)13-7-6-11(20-13)8-9-16-2/h3-7,16-17H,8-9H2,1-2H3. The third-order valence-corrected chi connectivity index (χ3v) is 6.28. The van der Waals surface area contributed by atoms with E-state index in [4.69, 9.17) is 11.6 Å². The van der Waals surface area contributed by atoms with Crippen LogP contribution in [0.15, 0.2) is 34.5 Å². The molecule has 0 aliphatic rings. The molecule has 0 saturated carbocycles. The quantitative estimate of drug-likeness (QED) is 0.845. The van der Waals surface area contributed by atoms with Gasteiger partial charge in [-0.3, -0.25) is 4.72 Å². The lowest BCUT2D eigenvalue weighted by atomic mass is 10.2. The number of aryl methyl sites for hydroxylation is 1. The van der Waals surface area contributed by atoms with Crippen molar-refractivity contribution in [2.45, 2.75) is 17.6 Å². The zero-order chi connectivity index (χ0) is 15.5. The van der Waals surface area contributed by atoms with Crippen molar-refractivity contribution in [3.8, 4) is 0 Å². The molecule has 2 rings (SSSR count). The molecule has 114 valence electrons. The highest BCUT2D eigenvalue weighted by Gasteiger charge is 2.19. The molecule has 0 bridgehead atoms. The van der Waals surface area contributed by atoms with Gasteiger partial charge in [0.1, 0.15) is 4.21 Å². The predicted molar refractivity (Wildman–Crippen MR) is 88.9 cm³/mol. The average Bonchev–Trinajstić information content (AvgIpc) is 2.90. The van der Waals surface area contributed by atoms with Crippen LogP contribution in [-0.2, 0) is 16.4 Å². The maximum atomic E-state index is 12.4. The number of hydrogen-bond donors (Lipinski definition) is 2. The second kappa shape index (κ2) is 6.79. The third-order valence-electron chi connectivity index (χ3n) is 2.98. The zero-order valence-corrected chi connectivity index (χ0v) is 14.2. The summed E-state index contributed by atoms with van der Waals surface area (Å²) in [6.45, 7) is 2.63. The monoisotopic (exact) mass is 344 g/mol. The molecule has 0 amide bonds. The molecule has 0 atom stereocenters. The Hall–Kier alpha value is -1.08. The van der Waals surface area contributed by atoms with Gasteiger partial charge in [-0.05, 0) is 50.7 Å². The number of thiophene rings is 1. The van der Waals surface area contributed by atoms with Crippen molar-refractivity contribution in [2.75, 3.05) is 18.3 Å². The maximum Gasteiger partial charge on any atom is 0.271 e. The van der Waals surface area contributed by atoms with Crippen LogP contribution in [0.5, 0.6) is 0 Å². The summed E-state index contributed by atoms with van der Waals surface area (Å²) in [4.78, 5) is 1.03. The van der Waals surface area contributed by atoms with E-state index >= 15 is 0 Å². The molecule has 2 aromatic rings. The van der Waals surface area contributed by atoms with Crippen LogP contribution in [0.3, 0.4) is 0 Å². The molecule has 21 heavy (non-hydrogen) atoms. The number of para-hydroxylation sites is 1. The van der Waals surface area contributed by atoms with Crippen molar-refractivity contribution in [3.63, 3.8) is 0 Å². The van der Waals surface area contributed by atoms with Crippen molar-refractivity contribution in [2.24, 2.45) is 0 Å². The van der Waals surface area contributed by atoms with E-state index < -0.39 is 10.0 Å². The van der Waals surface area contributed by atoms with Gasteiger partial charge in [0.05, 0.1) is 10.7 Å². The lowest BCUT2D eigenvalue weighted by Gasteiger charge is -2.10. The van der Waals surface area contributed by atoms with E-state index in [1.165, 1.54) is 11.3 Å². The van der Waals surface area contributed by atoms with Crippen molar-refractivity contribution >= 4 is 38.6 Å². The predicted octanol–water partition coefficient (Wildman–Crippen LogP) is 3.27. The number of halogens is 1. The fraction of sp³-hybridized carbons (Fsp3) is 0.286. The highest BCUT2D eigenvalue weighted by molar-refractivity contribution is 7.94. The first-order valence-corrected chi connectivity index (χ1v) is 9.13. The summed E-state index contributed by atoms with van der Waals surface area (Å²) in [6.07, 6.45) is 0.807. The Morgan fingerprint density at radius 3 is 2.67 bits per heavy atom. The summed E-state index contributed by atoms with van der Waals surface area (Å²) in [5, 5.41) is 3.44. The Morgan fingerprint density at radius 2 is 2.00 bits per heavy atom. The molecule has 0 aliphatic heterocycles. The lowest BCUT2D eigenvalue weighted by Crippen LogP contribution is -2.12. The Kier molecular flexibility index (Phi) is 5.27. The maximum absolute atomic E-state index is 12.4. The Balaban J connectivity index is 2.24. The fourth-order valence-corrected chi connectivity index (χ4v) is 4.66. The van der Waals surface area contributed by atoms with Crippen molar-refractivity contribution in [3.05, 3.63) is 45.8 Å². The first-order valence-electron chi connectivity index (χ1n) is 6.45. The van der Waals surface area contributed by atoms with Crippen molar-refractivity contribution in [1.29, 1.82) is 0 Å². The Morgan fingerprint density at radius 1 is 1.24 bits per heavy atom. The van der Waals surface area contributed by atoms with Gasteiger partial charge in [-0.15, -0.1) is 11.3 Å². The largest absolute Gasteiger partial charge is 0.319 e. The van der Waals surface area contributed by atoms with Gasteiger partial charge in [-0.1, -0.05) is 23.7 Å². The summed E-state index contributed by atoms with van der Waals surface area (Å²) in [6, 6.07) is 8.74. The lowest BCUT2D eigenvalue weighted by molar-refractivity contribution is 0.603. The Bertz CT molecular complexity index is 706. The SMILES string of the molecule is CNCCc1ccc(S(=O)(=O)Nc2c(C)cccc2Cl)s1. The topological polar surface area (TPSA) is 58.2 Å². The van der Waals surface area contributed by atoms with Gasteiger partial charge in [0.15, 0.2) is 0 Å². The van der Waals surface area contributed by atoms with Gasteiger partial charge >= 0.3 is 0 Å². The second-order valence-electron chi connectivity index (χ2n) is 4.61. The molecule has 7 heteroatoms. The average molecular weight is 345 g/mol. The summed E-state index contributed by atoms with van der Waals surface area (Å²) in [5.74, 6) is 0. The van der Waals surface area contributed by atoms with Crippen LogP contribution in [0.1, 0.15) is 10.4 Å². The molecule has 1 aromatic heterocycles. The first kappa shape index (κ1) is 16.3. The summed E-state index contributed by atoms with van der Waals surface area (Å²) >= 11 is 7.34. The molecule has 4 nitrogen and oxygen atoms in total. The molecule has 0 spiro atoms. The molecular weight excluding hydrogens is 328 g/mol. The van der Waals surface area contributed by atoms with Crippen molar-refractivity contribution < 1.29 is 8.42 Å². The fourth-order valence-electron chi connectivity index (χ4n) is 1.83. The highest BCUT2D eigenvalue weighted by Crippen LogP contribution is 2.30. The Labute approximate surface area is 134 Å². The number of sulfonamides is 1. The minimum atomic E-state index is -3.60. The van der Waals surface area contributed by atoms with E-state index in [1.54, 1.807) is 18.2 Å². The number of benzene rings is 1. The number of anilines is 1. The summed E-state index contributed by atoms with van der Waals surface area (Å²) in [5.41, 5.74) is 1.22. The van der Waals surface area contributed by atoms with Gasteiger partial charge in [-0.2, -0.15) is 0 Å². The highest BCUT2D eigenvalue weighted by atomic mass is 35.5. The van der Waals surface area contributed by atoms with Gasteiger partial charge in [0, 0.05) is 4.88 Å². The van der Waals surface area contributed by atoms with E-state index in [1.807, 2.05) is 26.1 Å². The van der Waals surface area contributed by atoms with Crippen LogP contribution in [0, 0.1) is 6.92 Å². The summed E-state index contributed by atoms with van der Waals surface area (Å²) < 4.78 is 27.7. The number of nitrogens with one attached hydrogen (secondary N) is 2. The molecule has 0 aliphatic carbocycles. The molecule has 1 aromatic carbocycles. The van der Waals surface area contributed by atoms with Crippen LogP contribution in [-0.4, -0.2) is 22.0 Å². The normalized spacial score (nSPS) is 11.6. The van der Waals surface area contributed by atoms with Crippen LogP contribution in [0.2, 0.25) is 5.02 Å². The second-order valence-corrected chi connectivity index (χ2v) is 8.10. The zero-order valence-electron chi connectivity index (χ0n) is 11.8. The third kappa shape index (κ3) is 3.97. The van der Waals surface area contributed by atoms with Crippen molar-refractivity contribution in [1.82, 2.24) is 5.32 Å². The van der Waals surface area contributed by atoms with E-state index in [9.17, 15) is 8.42 Å². The molecule has 0 radical (unpaired) electrons. The van der Waals surface area contributed by atoms with Crippen LogP contribution in [0.25, 0.3) is 0 Å². The van der Waals surface area contributed by atoms with Crippen LogP contribution < -0.4 is 10.0 Å². The first-order chi connectivity index (χ1) is 9.94. The molecular formula is C14H17ClN2O2S2. The van der Waals surface area contributed by atoms with E-state index in [0.717, 1.165) is 23.4 Å². The van der Waals surface area contributed by atoms with E-state index in [2.05, 4.69) is 10.0 Å². The smallest absolute Gasteiger partial charge is 0.271 e. The molecule has 1 heterocycles. The molecule has 0 unspecified atom stereocenters. The summed E-state index contributed by atoms with van der Waals surface area (Å²) in [7, 11) is -1.73. The van der Waals surface area contributed by atoms with Gasteiger partial charge in [0.25, 0.3) is 10.0 Å². The van der Waals surface area contributed by atoms with E-state index in [0.29, 0.717) is 14.9 Å². The molecule has 0 saturated heterocycles. The molecule has 2 N–H and O–H groups in total. The van der Waals surface area contributed by atoms with Gasteiger partial charge in [-0.25, -0.2) is 8.42 Å². The van der Waals surface area contributed by atoms with Gasteiger partial charge in [0.2, 0.25) is 0 Å². The van der Waals surface area contributed by atoms with Crippen LogP contribution in [0.4, 0.5) is 5.69 Å². The number of likely N-dealkylation sites (N-methyl/N-ethyl adjacent to an activating group) is 1.